The maximum absolute atomic E-state index is 12.8. The number of hydrogen-bond acceptors (Lipinski definition) is 2. The van der Waals surface area contributed by atoms with Gasteiger partial charge in [-0.25, -0.2) is 13.1 Å². The van der Waals surface area contributed by atoms with Crippen molar-refractivity contribution in [3.05, 3.63) is 65.9 Å². The van der Waals surface area contributed by atoms with Crippen molar-refractivity contribution in [1.29, 1.82) is 0 Å². The van der Waals surface area contributed by atoms with Crippen LogP contribution in [0.3, 0.4) is 0 Å². The Kier molecular flexibility index (Phi) is 4.95. The van der Waals surface area contributed by atoms with Gasteiger partial charge in [0, 0.05) is 29.1 Å². The summed E-state index contributed by atoms with van der Waals surface area (Å²) in [4.78, 5) is 3.56. The van der Waals surface area contributed by atoms with Crippen molar-refractivity contribution >= 4 is 20.9 Å². The summed E-state index contributed by atoms with van der Waals surface area (Å²) in [6, 6.07) is 15.2. The van der Waals surface area contributed by atoms with Gasteiger partial charge in [0.2, 0.25) is 10.0 Å². The van der Waals surface area contributed by atoms with E-state index in [1.165, 1.54) is 0 Å². The second-order valence-electron chi connectivity index (χ2n) is 8.73. The van der Waals surface area contributed by atoms with Crippen LogP contribution in [0.4, 0.5) is 0 Å². The molecule has 27 heavy (non-hydrogen) atoms. The molecule has 0 aliphatic heterocycles. The van der Waals surface area contributed by atoms with Crippen LogP contribution in [0.25, 0.3) is 10.9 Å². The van der Waals surface area contributed by atoms with Crippen LogP contribution < -0.4 is 4.72 Å². The zero-order chi connectivity index (χ0) is 19.9. The molecule has 3 aromatic rings. The molecule has 5 heteroatoms. The topological polar surface area (TPSA) is 62.0 Å². The molecule has 144 valence electrons. The molecule has 0 radical (unpaired) electrons. The summed E-state index contributed by atoms with van der Waals surface area (Å²) in [5.41, 5.74) is 2.91. The summed E-state index contributed by atoms with van der Waals surface area (Å²) in [5, 5.41) is 1.12. The molecule has 2 N–H and O–H groups in total. The molecule has 0 saturated carbocycles. The molecule has 0 atom stereocenters. The number of para-hydroxylation sites is 1. The molecule has 0 unspecified atom stereocenters. The summed E-state index contributed by atoms with van der Waals surface area (Å²) in [7, 11) is -3.56. The Morgan fingerprint density at radius 3 is 2.19 bits per heavy atom. The fraction of sp³-hybridized carbons (Fsp3) is 0.364. The van der Waals surface area contributed by atoms with E-state index >= 15 is 0 Å². The molecular formula is C22H28N2O2S. The van der Waals surface area contributed by atoms with Gasteiger partial charge in [0.1, 0.15) is 0 Å². The molecule has 0 aliphatic rings. The Morgan fingerprint density at radius 1 is 0.926 bits per heavy atom. The van der Waals surface area contributed by atoms with E-state index in [-0.39, 0.29) is 10.8 Å². The minimum atomic E-state index is -3.56. The van der Waals surface area contributed by atoms with E-state index in [1.54, 1.807) is 12.1 Å². The number of aromatic amines is 1. The average Bonchev–Trinajstić information content (AvgIpc) is 3.05. The molecule has 0 aliphatic carbocycles. The fourth-order valence-electron chi connectivity index (χ4n) is 3.22. The summed E-state index contributed by atoms with van der Waals surface area (Å²) in [6.07, 6.45) is 1.97. The second-order valence-corrected chi connectivity index (χ2v) is 10.5. The van der Waals surface area contributed by atoms with Crippen LogP contribution in [0, 0.1) is 0 Å². The van der Waals surface area contributed by atoms with Gasteiger partial charge in [0.25, 0.3) is 0 Å². The average molecular weight is 385 g/mol. The highest BCUT2D eigenvalue weighted by Crippen LogP contribution is 2.30. The first-order valence-corrected chi connectivity index (χ1v) is 10.7. The molecule has 1 heterocycles. The Bertz CT molecular complexity index is 1040. The van der Waals surface area contributed by atoms with Gasteiger partial charge in [-0.15, -0.1) is 0 Å². The van der Waals surface area contributed by atoms with Crippen molar-refractivity contribution in [3.8, 4) is 0 Å². The first kappa shape index (κ1) is 19.6. The van der Waals surface area contributed by atoms with Crippen LogP contribution in [-0.2, 0) is 20.9 Å². The highest BCUT2D eigenvalue weighted by atomic mass is 32.2. The zero-order valence-electron chi connectivity index (χ0n) is 16.6. The number of rotatable bonds is 5. The molecule has 0 spiro atoms. The highest BCUT2D eigenvalue weighted by molar-refractivity contribution is 7.89. The first-order chi connectivity index (χ1) is 12.5. The lowest BCUT2D eigenvalue weighted by atomic mass is 9.85. The van der Waals surface area contributed by atoms with Gasteiger partial charge in [-0.1, -0.05) is 65.0 Å². The Morgan fingerprint density at radius 2 is 1.56 bits per heavy atom. The third-order valence-corrected chi connectivity index (χ3v) is 6.47. The zero-order valence-corrected chi connectivity index (χ0v) is 17.4. The normalized spacial score (nSPS) is 13.2. The van der Waals surface area contributed by atoms with Gasteiger partial charge in [-0.3, -0.25) is 0 Å². The van der Waals surface area contributed by atoms with Crippen LogP contribution >= 0.6 is 0 Å². The second kappa shape index (κ2) is 6.80. The monoisotopic (exact) mass is 384 g/mol. The van der Waals surface area contributed by atoms with Crippen molar-refractivity contribution in [2.45, 2.75) is 50.3 Å². The van der Waals surface area contributed by atoms with E-state index in [9.17, 15) is 8.42 Å². The van der Waals surface area contributed by atoms with Gasteiger partial charge in [0.05, 0.1) is 4.90 Å². The van der Waals surface area contributed by atoms with Crippen molar-refractivity contribution < 1.29 is 8.42 Å². The minimum Gasteiger partial charge on any atom is -0.361 e. The predicted molar refractivity (Wildman–Crippen MR) is 112 cm³/mol. The fourth-order valence-corrected chi connectivity index (χ4v) is 4.43. The summed E-state index contributed by atoms with van der Waals surface area (Å²) >= 11 is 0. The molecule has 1 aromatic heterocycles. The molecule has 2 aromatic carbocycles. The smallest absolute Gasteiger partial charge is 0.240 e. The van der Waals surface area contributed by atoms with Crippen LogP contribution in [0.2, 0.25) is 0 Å². The van der Waals surface area contributed by atoms with Gasteiger partial charge in [0.15, 0.2) is 0 Å². The van der Waals surface area contributed by atoms with Crippen molar-refractivity contribution in [1.82, 2.24) is 9.71 Å². The van der Waals surface area contributed by atoms with Gasteiger partial charge in [-0.2, -0.15) is 0 Å². The number of nitrogens with one attached hydrogen (secondary N) is 2. The number of hydrogen-bond donors (Lipinski definition) is 2. The lowest BCUT2D eigenvalue weighted by Gasteiger charge is -2.25. The molecule has 4 nitrogen and oxygen atoms in total. The van der Waals surface area contributed by atoms with E-state index in [0.29, 0.717) is 11.4 Å². The van der Waals surface area contributed by atoms with Gasteiger partial charge < -0.3 is 4.98 Å². The number of sulfonamides is 1. The molecule has 3 rings (SSSR count). The minimum absolute atomic E-state index is 0.00689. The Balaban J connectivity index is 1.80. The van der Waals surface area contributed by atoms with Gasteiger partial charge in [-0.05, 0) is 34.7 Å². The van der Waals surface area contributed by atoms with E-state index < -0.39 is 10.0 Å². The SMILES string of the molecule is CC(C)(C)c1ccc(S(=O)(=O)NCC(C)(C)c2c[nH]c3ccccc23)cc1. The Labute approximate surface area is 162 Å². The molecule has 0 amide bonds. The lowest BCUT2D eigenvalue weighted by Crippen LogP contribution is -2.36. The number of H-pyrrole nitrogens is 1. The Hall–Kier alpha value is -2.11. The predicted octanol–water partition coefficient (Wildman–Crippen LogP) is 4.72. The van der Waals surface area contributed by atoms with Crippen LogP contribution in [0.5, 0.6) is 0 Å². The van der Waals surface area contributed by atoms with E-state index in [4.69, 9.17) is 0 Å². The first-order valence-electron chi connectivity index (χ1n) is 9.17. The molecule has 0 fully saturated rings. The van der Waals surface area contributed by atoms with Crippen LogP contribution in [0.15, 0.2) is 59.6 Å². The summed E-state index contributed by atoms with van der Waals surface area (Å²) in [5.74, 6) is 0. The van der Waals surface area contributed by atoms with Crippen LogP contribution in [0.1, 0.15) is 45.7 Å². The molecular weight excluding hydrogens is 356 g/mol. The molecule has 0 saturated heterocycles. The summed E-state index contributed by atoms with van der Waals surface area (Å²) < 4.78 is 28.3. The number of fused-ring (bicyclic) bond motifs is 1. The van der Waals surface area contributed by atoms with E-state index in [2.05, 4.69) is 36.5 Å². The summed E-state index contributed by atoms with van der Waals surface area (Å²) in [6.45, 7) is 10.7. The van der Waals surface area contributed by atoms with Crippen molar-refractivity contribution in [3.63, 3.8) is 0 Å². The maximum atomic E-state index is 12.8. The highest BCUT2D eigenvalue weighted by Gasteiger charge is 2.27. The number of benzene rings is 2. The third kappa shape index (κ3) is 4.09. The van der Waals surface area contributed by atoms with Crippen molar-refractivity contribution in [2.75, 3.05) is 6.54 Å². The van der Waals surface area contributed by atoms with E-state index in [0.717, 1.165) is 22.0 Å². The maximum Gasteiger partial charge on any atom is 0.240 e. The molecule has 0 bridgehead atoms. The van der Waals surface area contributed by atoms with E-state index in [1.807, 2.05) is 50.4 Å². The van der Waals surface area contributed by atoms with Crippen LogP contribution in [-0.4, -0.2) is 19.9 Å². The van der Waals surface area contributed by atoms with Gasteiger partial charge >= 0.3 is 0 Å². The third-order valence-electron chi connectivity index (χ3n) is 5.05. The lowest BCUT2D eigenvalue weighted by molar-refractivity contribution is 0.504. The standard InChI is InChI=1S/C22H28N2O2S/c1-21(2,3)16-10-12-17(13-11-16)27(25,26)24-15-22(4,5)19-14-23-20-9-7-6-8-18(19)20/h6-14,23-24H,15H2,1-5H3. The number of aromatic nitrogens is 1. The van der Waals surface area contributed by atoms with Crippen molar-refractivity contribution in [2.24, 2.45) is 0 Å². The largest absolute Gasteiger partial charge is 0.361 e. The quantitative estimate of drug-likeness (QED) is 0.668.